The highest BCUT2D eigenvalue weighted by atomic mass is 79.9. The van der Waals surface area contributed by atoms with E-state index in [1.807, 2.05) is 0 Å². The molecule has 0 aliphatic heterocycles. The number of hydrogen-bond acceptors (Lipinski definition) is 4. The van der Waals surface area contributed by atoms with Crippen LogP contribution in [0.4, 0.5) is 5.69 Å². The van der Waals surface area contributed by atoms with Gasteiger partial charge in [-0.15, -0.1) is 0 Å². The molecule has 0 saturated heterocycles. The molecule has 0 aliphatic rings. The highest BCUT2D eigenvalue weighted by Gasteiger charge is 2.06. The topological polar surface area (TPSA) is 87.7 Å². The lowest BCUT2D eigenvalue weighted by atomic mass is 10.2. The summed E-state index contributed by atoms with van der Waals surface area (Å²) in [6.07, 6.45) is 1.47. The highest BCUT2D eigenvalue weighted by Crippen LogP contribution is 2.23. The molecule has 0 aliphatic carbocycles. The third-order valence-corrected chi connectivity index (χ3v) is 3.19. The maximum atomic E-state index is 11.8. The summed E-state index contributed by atoms with van der Waals surface area (Å²) < 4.78 is 0.556. The van der Waals surface area contributed by atoms with E-state index in [-0.39, 0.29) is 11.7 Å². The number of hydrogen-bond donors (Lipinski definition) is 3. The van der Waals surface area contributed by atoms with Crippen molar-refractivity contribution in [3.05, 3.63) is 58.1 Å². The molecule has 20 heavy (non-hydrogen) atoms. The third-order valence-electron chi connectivity index (χ3n) is 2.56. The quantitative estimate of drug-likeness (QED) is 0.458. The number of halogens is 1. The molecule has 0 saturated carbocycles. The molecule has 0 radical (unpaired) electrons. The molecule has 0 aromatic heterocycles. The zero-order valence-electron chi connectivity index (χ0n) is 10.4. The normalized spacial score (nSPS) is 10.7. The van der Waals surface area contributed by atoms with Gasteiger partial charge < -0.3 is 10.8 Å². The molecule has 0 unspecified atom stereocenters. The average Bonchev–Trinajstić information content (AvgIpc) is 2.43. The summed E-state index contributed by atoms with van der Waals surface area (Å²) in [5.41, 5.74) is 9.59. The standard InChI is InChI=1S/C14H12BrN3O2/c15-11-7-9(5-6-13(11)19)8-17-18-14(20)10-3-1-2-4-12(10)16/h1-8,19H,16H2,(H,18,20). The average molecular weight is 334 g/mol. The molecule has 4 N–H and O–H groups in total. The molecule has 0 spiro atoms. The fourth-order valence-corrected chi connectivity index (χ4v) is 1.93. The second-order valence-corrected chi connectivity index (χ2v) is 4.85. The van der Waals surface area contributed by atoms with Crippen molar-refractivity contribution in [1.82, 2.24) is 5.43 Å². The van der Waals surface area contributed by atoms with Crippen LogP contribution in [0.5, 0.6) is 5.75 Å². The molecule has 6 heteroatoms. The first-order valence-electron chi connectivity index (χ1n) is 5.74. The highest BCUT2D eigenvalue weighted by molar-refractivity contribution is 9.10. The first-order valence-corrected chi connectivity index (χ1v) is 6.53. The fraction of sp³-hybridized carbons (Fsp3) is 0. The van der Waals surface area contributed by atoms with Gasteiger partial charge in [0.15, 0.2) is 0 Å². The van der Waals surface area contributed by atoms with Crippen LogP contribution in [0.2, 0.25) is 0 Å². The Morgan fingerprint density at radius 1 is 1.30 bits per heavy atom. The van der Waals surface area contributed by atoms with Crippen molar-refractivity contribution < 1.29 is 9.90 Å². The summed E-state index contributed by atoms with van der Waals surface area (Å²) in [5.74, 6) is -0.236. The zero-order valence-corrected chi connectivity index (χ0v) is 12.0. The number of phenols is 1. The van der Waals surface area contributed by atoms with Gasteiger partial charge in [-0.3, -0.25) is 4.79 Å². The minimum atomic E-state index is -0.378. The lowest BCUT2D eigenvalue weighted by Gasteiger charge is -2.03. The van der Waals surface area contributed by atoms with Gasteiger partial charge in [-0.1, -0.05) is 12.1 Å². The summed E-state index contributed by atoms with van der Waals surface area (Å²) in [6, 6.07) is 11.6. The van der Waals surface area contributed by atoms with E-state index in [0.29, 0.717) is 15.7 Å². The molecular weight excluding hydrogens is 322 g/mol. The van der Waals surface area contributed by atoms with E-state index in [1.165, 1.54) is 12.3 Å². The van der Waals surface area contributed by atoms with Crippen LogP contribution in [-0.2, 0) is 0 Å². The van der Waals surface area contributed by atoms with E-state index in [1.54, 1.807) is 36.4 Å². The minimum absolute atomic E-state index is 0.142. The molecule has 5 nitrogen and oxygen atoms in total. The second kappa shape index (κ2) is 6.21. The van der Waals surface area contributed by atoms with E-state index >= 15 is 0 Å². The number of nitrogens with two attached hydrogens (primary N) is 1. The van der Waals surface area contributed by atoms with Gasteiger partial charge in [-0.2, -0.15) is 5.10 Å². The monoisotopic (exact) mass is 333 g/mol. The lowest BCUT2D eigenvalue weighted by molar-refractivity contribution is 0.0956. The molecule has 0 fully saturated rings. The molecule has 0 heterocycles. The molecule has 1 amide bonds. The maximum Gasteiger partial charge on any atom is 0.273 e. The summed E-state index contributed by atoms with van der Waals surface area (Å²) in [7, 11) is 0. The molecular formula is C14H12BrN3O2. The summed E-state index contributed by atoms with van der Waals surface area (Å²) in [5, 5.41) is 13.2. The SMILES string of the molecule is Nc1ccccc1C(=O)NN=Cc1ccc(O)c(Br)c1. The molecule has 2 aromatic carbocycles. The number of hydrazone groups is 1. The van der Waals surface area contributed by atoms with Gasteiger partial charge >= 0.3 is 0 Å². The number of carbonyl (C=O) groups excluding carboxylic acids is 1. The molecule has 0 atom stereocenters. The zero-order chi connectivity index (χ0) is 14.5. The van der Waals surface area contributed by atoms with Crippen LogP contribution in [0.3, 0.4) is 0 Å². The van der Waals surface area contributed by atoms with Crippen molar-refractivity contribution in [3.63, 3.8) is 0 Å². The van der Waals surface area contributed by atoms with Gasteiger partial charge in [0.25, 0.3) is 5.91 Å². The van der Waals surface area contributed by atoms with E-state index < -0.39 is 0 Å². The number of para-hydroxylation sites is 1. The van der Waals surface area contributed by atoms with Crippen molar-refractivity contribution in [2.75, 3.05) is 5.73 Å². The van der Waals surface area contributed by atoms with Crippen LogP contribution >= 0.6 is 15.9 Å². The number of benzene rings is 2. The van der Waals surface area contributed by atoms with Crippen molar-refractivity contribution in [2.45, 2.75) is 0 Å². The van der Waals surface area contributed by atoms with E-state index in [2.05, 4.69) is 26.5 Å². The van der Waals surface area contributed by atoms with Crippen molar-refractivity contribution in [1.29, 1.82) is 0 Å². The first kappa shape index (κ1) is 14.1. The van der Waals surface area contributed by atoms with Gasteiger partial charge in [0.2, 0.25) is 0 Å². The van der Waals surface area contributed by atoms with Crippen LogP contribution in [0.25, 0.3) is 0 Å². The predicted molar refractivity (Wildman–Crippen MR) is 81.7 cm³/mol. The predicted octanol–water partition coefficient (Wildman–Crippen LogP) is 2.50. The fourth-order valence-electron chi connectivity index (χ4n) is 1.53. The number of nitrogens with zero attached hydrogens (tertiary/aromatic N) is 1. The van der Waals surface area contributed by atoms with Crippen LogP contribution in [-0.4, -0.2) is 17.2 Å². The Kier molecular flexibility index (Phi) is 4.37. The smallest absolute Gasteiger partial charge is 0.273 e. The largest absolute Gasteiger partial charge is 0.507 e. The van der Waals surface area contributed by atoms with E-state index in [9.17, 15) is 9.90 Å². The number of anilines is 1. The number of phenolic OH excluding ortho intramolecular Hbond substituents is 1. The number of amides is 1. The molecule has 2 aromatic rings. The van der Waals surface area contributed by atoms with Crippen LogP contribution in [0.15, 0.2) is 52.0 Å². The Balaban J connectivity index is 2.05. The van der Waals surface area contributed by atoms with Gasteiger partial charge in [0, 0.05) is 5.69 Å². The number of nitrogens with one attached hydrogen (secondary N) is 1. The number of aromatic hydroxyl groups is 1. The van der Waals surface area contributed by atoms with Crippen molar-refractivity contribution >= 4 is 33.7 Å². The van der Waals surface area contributed by atoms with Crippen LogP contribution < -0.4 is 11.2 Å². The van der Waals surface area contributed by atoms with E-state index in [4.69, 9.17) is 5.73 Å². The Morgan fingerprint density at radius 2 is 2.05 bits per heavy atom. The van der Waals surface area contributed by atoms with Gasteiger partial charge in [-0.25, -0.2) is 5.43 Å². The van der Waals surface area contributed by atoms with Crippen LogP contribution in [0.1, 0.15) is 15.9 Å². The first-order chi connectivity index (χ1) is 9.58. The molecule has 102 valence electrons. The van der Waals surface area contributed by atoms with Gasteiger partial charge in [0.05, 0.1) is 16.3 Å². The minimum Gasteiger partial charge on any atom is -0.507 e. The van der Waals surface area contributed by atoms with Crippen molar-refractivity contribution in [2.24, 2.45) is 5.10 Å². The number of nitrogen functional groups attached to an aromatic ring is 1. The van der Waals surface area contributed by atoms with Gasteiger partial charge in [0.1, 0.15) is 5.75 Å². The summed E-state index contributed by atoms with van der Waals surface area (Å²) >= 11 is 3.20. The number of carbonyl (C=O) groups is 1. The van der Waals surface area contributed by atoms with Gasteiger partial charge in [-0.05, 0) is 51.8 Å². The Bertz CT molecular complexity index is 671. The Morgan fingerprint density at radius 3 is 2.75 bits per heavy atom. The summed E-state index contributed by atoms with van der Waals surface area (Å²) in [6.45, 7) is 0. The van der Waals surface area contributed by atoms with Crippen LogP contribution in [0, 0.1) is 0 Å². The van der Waals surface area contributed by atoms with E-state index in [0.717, 1.165) is 5.56 Å². The maximum absolute atomic E-state index is 11.8. The lowest BCUT2D eigenvalue weighted by Crippen LogP contribution is -2.18. The third kappa shape index (κ3) is 3.36. The Labute approximate surface area is 124 Å². The molecule has 2 rings (SSSR count). The second-order valence-electron chi connectivity index (χ2n) is 4.00. The number of rotatable bonds is 3. The molecule has 0 bridgehead atoms. The summed E-state index contributed by atoms with van der Waals surface area (Å²) in [4.78, 5) is 11.8. The Hall–Kier alpha value is -2.34. The van der Waals surface area contributed by atoms with Crippen molar-refractivity contribution in [3.8, 4) is 5.75 Å².